The maximum Gasteiger partial charge on any atom is 0.216 e. The monoisotopic (exact) mass is 239 g/mol. The molecule has 0 aliphatic rings. The van der Waals surface area contributed by atoms with Gasteiger partial charge in [-0.2, -0.15) is 0 Å². The van der Waals surface area contributed by atoms with Crippen LogP contribution in [-0.2, 0) is 15.8 Å². The van der Waals surface area contributed by atoms with Crippen molar-refractivity contribution in [1.82, 2.24) is 4.72 Å². The lowest BCUT2D eigenvalue weighted by atomic mass is 10.1. The summed E-state index contributed by atoms with van der Waals surface area (Å²) in [6.45, 7) is 7.25. The van der Waals surface area contributed by atoms with Gasteiger partial charge in [-0.05, 0) is 25.0 Å². The maximum absolute atomic E-state index is 11.6. The van der Waals surface area contributed by atoms with Gasteiger partial charge in [-0.25, -0.2) is 13.1 Å². The number of nitrogens with one attached hydrogen (secondary N) is 1. The average Bonchev–Trinajstić information content (AvgIpc) is 2.16. The van der Waals surface area contributed by atoms with Crippen LogP contribution in [-0.4, -0.2) is 14.5 Å². The van der Waals surface area contributed by atoms with Crippen molar-refractivity contribution >= 4 is 16.1 Å². The number of rotatable bonds is 5. The highest BCUT2D eigenvalue weighted by Crippen LogP contribution is 2.08. The highest BCUT2D eigenvalue weighted by atomic mass is 32.2. The van der Waals surface area contributed by atoms with Crippen LogP contribution in [0.3, 0.4) is 0 Å². The summed E-state index contributed by atoms with van der Waals surface area (Å²) < 4.78 is 25.8. The van der Waals surface area contributed by atoms with Gasteiger partial charge in [0.1, 0.15) is 0 Å². The van der Waals surface area contributed by atoms with Gasteiger partial charge in [-0.15, -0.1) is 0 Å². The molecular weight excluding hydrogens is 222 g/mol. The Kier molecular flexibility index (Phi) is 4.26. The second-order valence-electron chi connectivity index (χ2n) is 3.98. The molecule has 0 amide bonds. The third kappa shape index (κ3) is 4.16. The van der Waals surface area contributed by atoms with Crippen molar-refractivity contribution in [3.05, 3.63) is 42.0 Å². The summed E-state index contributed by atoms with van der Waals surface area (Å²) in [5.41, 5.74) is 1.76. The van der Waals surface area contributed by atoms with Crippen LogP contribution in [0.5, 0.6) is 0 Å². The van der Waals surface area contributed by atoms with Gasteiger partial charge in [-0.1, -0.05) is 36.9 Å². The fourth-order valence-electron chi connectivity index (χ4n) is 1.37. The van der Waals surface area contributed by atoms with Crippen LogP contribution >= 0.6 is 0 Å². The van der Waals surface area contributed by atoms with Gasteiger partial charge >= 0.3 is 0 Å². The zero-order chi connectivity index (χ0) is 12.2. The van der Waals surface area contributed by atoms with E-state index in [1.54, 1.807) is 32.1 Å². The van der Waals surface area contributed by atoms with E-state index in [2.05, 4.69) is 11.3 Å². The SMILES string of the molecule is C=Cc1ccc(CS(=O)(=O)NC(C)C)cc1. The van der Waals surface area contributed by atoms with Crippen molar-refractivity contribution in [1.29, 1.82) is 0 Å². The Bertz CT molecular complexity index is 446. The summed E-state index contributed by atoms with van der Waals surface area (Å²) in [7, 11) is -3.23. The molecule has 0 saturated carbocycles. The first kappa shape index (κ1) is 12.9. The predicted molar refractivity (Wildman–Crippen MR) is 67.4 cm³/mol. The van der Waals surface area contributed by atoms with Crippen molar-refractivity contribution in [2.75, 3.05) is 0 Å². The summed E-state index contributed by atoms with van der Waals surface area (Å²) in [5, 5.41) is 0. The zero-order valence-electron chi connectivity index (χ0n) is 9.60. The molecule has 0 unspecified atom stereocenters. The van der Waals surface area contributed by atoms with Gasteiger partial charge in [0.15, 0.2) is 0 Å². The fourth-order valence-corrected chi connectivity index (χ4v) is 2.80. The zero-order valence-corrected chi connectivity index (χ0v) is 10.4. The molecule has 0 spiro atoms. The van der Waals surface area contributed by atoms with E-state index in [1.165, 1.54) is 0 Å². The molecule has 0 aromatic heterocycles. The molecule has 0 fully saturated rings. The molecule has 0 aliphatic carbocycles. The first-order valence-electron chi connectivity index (χ1n) is 5.14. The van der Waals surface area contributed by atoms with Crippen LogP contribution < -0.4 is 4.72 Å². The smallest absolute Gasteiger partial charge is 0.212 e. The minimum absolute atomic E-state index is 0.0165. The number of benzene rings is 1. The standard InChI is InChI=1S/C12H17NO2S/c1-4-11-5-7-12(8-6-11)9-16(14,15)13-10(2)3/h4-8,10,13H,1,9H2,2-3H3. The molecule has 0 saturated heterocycles. The second kappa shape index (κ2) is 5.27. The Morgan fingerprint density at radius 1 is 1.31 bits per heavy atom. The summed E-state index contributed by atoms with van der Waals surface area (Å²) in [6, 6.07) is 7.24. The van der Waals surface area contributed by atoms with Crippen LogP contribution in [0.1, 0.15) is 25.0 Å². The Hall–Kier alpha value is -1.13. The van der Waals surface area contributed by atoms with Gasteiger partial charge in [0.05, 0.1) is 5.75 Å². The first-order valence-corrected chi connectivity index (χ1v) is 6.79. The summed E-state index contributed by atoms with van der Waals surface area (Å²) in [4.78, 5) is 0. The van der Waals surface area contributed by atoms with E-state index in [4.69, 9.17) is 0 Å². The van der Waals surface area contributed by atoms with Gasteiger partial charge in [0, 0.05) is 6.04 Å². The highest BCUT2D eigenvalue weighted by Gasteiger charge is 2.12. The molecule has 0 radical (unpaired) electrons. The summed E-state index contributed by atoms with van der Waals surface area (Å²) in [6.07, 6.45) is 1.73. The molecular formula is C12H17NO2S. The molecule has 16 heavy (non-hydrogen) atoms. The van der Waals surface area contributed by atoms with Crippen LogP contribution in [0, 0.1) is 0 Å². The van der Waals surface area contributed by atoms with Gasteiger partial charge in [0.25, 0.3) is 0 Å². The Morgan fingerprint density at radius 2 is 1.88 bits per heavy atom. The molecule has 1 aromatic rings. The van der Waals surface area contributed by atoms with E-state index in [-0.39, 0.29) is 11.8 Å². The Balaban J connectivity index is 2.76. The topological polar surface area (TPSA) is 46.2 Å². The Morgan fingerprint density at radius 3 is 2.31 bits per heavy atom. The van der Waals surface area contributed by atoms with Gasteiger partial charge < -0.3 is 0 Å². The largest absolute Gasteiger partial charge is 0.216 e. The molecule has 4 heteroatoms. The third-order valence-electron chi connectivity index (χ3n) is 1.99. The highest BCUT2D eigenvalue weighted by molar-refractivity contribution is 7.88. The molecule has 0 aliphatic heterocycles. The third-order valence-corrected chi connectivity index (χ3v) is 3.53. The predicted octanol–water partition coefficient (Wildman–Crippen LogP) is 2.16. The number of sulfonamides is 1. The van der Waals surface area contributed by atoms with E-state index in [9.17, 15) is 8.42 Å². The lowest BCUT2D eigenvalue weighted by Crippen LogP contribution is -2.31. The van der Waals surface area contributed by atoms with E-state index in [1.807, 2.05) is 12.1 Å². The molecule has 0 atom stereocenters. The molecule has 88 valence electrons. The lowest BCUT2D eigenvalue weighted by Gasteiger charge is -2.09. The summed E-state index contributed by atoms with van der Waals surface area (Å²) in [5.74, 6) is 0.0165. The second-order valence-corrected chi connectivity index (χ2v) is 5.73. The van der Waals surface area contributed by atoms with Gasteiger partial charge in [-0.3, -0.25) is 0 Å². The van der Waals surface area contributed by atoms with Crippen LogP contribution in [0.2, 0.25) is 0 Å². The molecule has 3 nitrogen and oxygen atoms in total. The van der Waals surface area contributed by atoms with Gasteiger partial charge in [0.2, 0.25) is 10.0 Å². The van der Waals surface area contributed by atoms with E-state index < -0.39 is 10.0 Å². The van der Waals surface area contributed by atoms with Crippen LogP contribution in [0.4, 0.5) is 0 Å². The molecule has 1 rings (SSSR count). The number of hydrogen-bond donors (Lipinski definition) is 1. The fraction of sp³-hybridized carbons (Fsp3) is 0.333. The average molecular weight is 239 g/mol. The van der Waals surface area contributed by atoms with Crippen molar-refractivity contribution in [3.63, 3.8) is 0 Å². The maximum atomic E-state index is 11.6. The normalized spacial score (nSPS) is 11.7. The molecule has 1 N–H and O–H groups in total. The molecule has 0 heterocycles. The van der Waals surface area contributed by atoms with E-state index in [0.717, 1.165) is 11.1 Å². The van der Waals surface area contributed by atoms with Crippen molar-refractivity contribution in [3.8, 4) is 0 Å². The van der Waals surface area contributed by atoms with Crippen molar-refractivity contribution in [2.24, 2.45) is 0 Å². The quantitative estimate of drug-likeness (QED) is 0.856. The minimum atomic E-state index is -3.23. The van der Waals surface area contributed by atoms with Crippen LogP contribution in [0.25, 0.3) is 6.08 Å². The minimum Gasteiger partial charge on any atom is -0.212 e. The summed E-state index contributed by atoms with van der Waals surface area (Å²) >= 11 is 0. The van der Waals surface area contributed by atoms with Crippen molar-refractivity contribution < 1.29 is 8.42 Å². The Labute approximate surface area is 97.2 Å². The first-order chi connectivity index (χ1) is 7.43. The van der Waals surface area contributed by atoms with Crippen LogP contribution in [0.15, 0.2) is 30.8 Å². The lowest BCUT2D eigenvalue weighted by molar-refractivity contribution is 0.569. The molecule has 0 bridgehead atoms. The van der Waals surface area contributed by atoms with E-state index in [0.29, 0.717) is 0 Å². The van der Waals surface area contributed by atoms with Crippen molar-refractivity contribution in [2.45, 2.75) is 25.6 Å². The van der Waals surface area contributed by atoms with E-state index >= 15 is 0 Å². The number of hydrogen-bond acceptors (Lipinski definition) is 2. The molecule has 1 aromatic carbocycles.